The van der Waals surface area contributed by atoms with Crippen LogP contribution < -0.4 is 9.47 Å². The van der Waals surface area contributed by atoms with Crippen LogP contribution in [0, 0.1) is 34.5 Å². The van der Waals surface area contributed by atoms with E-state index in [-0.39, 0.29) is 46.1 Å². The Morgan fingerprint density at radius 1 is 0.971 bits per heavy atom. The Labute approximate surface area is 203 Å². The zero-order valence-corrected chi connectivity index (χ0v) is 21.3. The summed E-state index contributed by atoms with van der Waals surface area (Å²) in [4.78, 5) is 32.3. The van der Waals surface area contributed by atoms with Crippen LogP contribution in [-0.2, 0) is 0 Å². The lowest BCUT2D eigenvalue weighted by Crippen LogP contribution is -2.57. The van der Waals surface area contributed by atoms with Gasteiger partial charge in [-0.1, -0.05) is 40.2 Å². The molecule has 1 heterocycles. The van der Waals surface area contributed by atoms with Crippen molar-refractivity contribution in [1.82, 2.24) is 4.98 Å². The highest BCUT2D eigenvalue weighted by molar-refractivity contribution is 6.01. The number of methoxy groups -OCH3 is 2. The van der Waals surface area contributed by atoms with Crippen LogP contribution in [0.15, 0.2) is 42.6 Å². The van der Waals surface area contributed by atoms with Gasteiger partial charge >= 0.3 is 0 Å². The molecule has 1 aromatic heterocycles. The highest BCUT2D eigenvalue weighted by Gasteiger charge is 2.59. The van der Waals surface area contributed by atoms with Gasteiger partial charge in [-0.3, -0.25) is 14.6 Å². The second-order valence-corrected chi connectivity index (χ2v) is 11.1. The molecule has 0 saturated heterocycles. The van der Waals surface area contributed by atoms with Crippen LogP contribution in [0.3, 0.4) is 0 Å². The Balaban J connectivity index is 1.81. The Hall–Kier alpha value is -2.69. The number of hydrogen-bond acceptors (Lipinski definition) is 5. The summed E-state index contributed by atoms with van der Waals surface area (Å²) in [6, 6.07) is 10.8. The molecule has 1 aromatic carbocycles. The molecular formula is C29H37NO4. The van der Waals surface area contributed by atoms with Crippen molar-refractivity contribution in [3.63, 3.8) is 0 Å². The van der Waals surface area contributed by atoms with Crippen molar-refractivity contribution in [2.75, 3.05) is 14.2 Å². The molecule has 0 aliphatic heterocycles. The largest absolute Gasteiger partial charge is 0.497 e. The molecule has 34 heavy (non-hydrogen) atoms. The van der Waals surface area contributed by atoms with Crippen molar-refractivity contribution in [1.29, 1.82) is 0 Å². The molecular weight excluding hydrogens is 426 g/mol. The number of nitrogens with zero attached hydrogens (tertiary/aromatic N) is 1. The van der Waals surface area contributed by atoms with E-state index in [1.165, 1.54) is 0 Å². The number of fused-ring (bicyclic) bond motifs is 1. The zero-order chi connectivity index (χ0) is 24.7. The normalized spacial score (nSPS) is 30.2. The summed E-state index contributed by atoms with van der Waals surface area (Å²) in [5.74, 6) is 0.965. The predicted octanol–water partition coefficient (Wildman–Crippen LogP) is 6.27. The molecule has 0 N–H and O–H groups in total. The number of aromatic nitrogens is 1. The van der Waals surface area contributed by atoms with E-state index in [0.717, 1.165) is 25.7 Å². The number of carbonyl (C=O) groups is 2. The molecule has 0 amide bonds. The van der Waals surface area contributed by atoms with E-state index in [1.54, 1.807) is 44.7 Å². The SMILES string of the molecule is COc1cc(OC)cc(C(=O)C2C(C)C(C(=O)c3ccccn3)CC3C(C)(C)CCCC23C)c1. The minimum absolute atomic E-state index is 0.0533. The van der Waals surface area contributed by atoms with Gasteiger partial charge in [0, 0.05) is 29.7 Å². The monoisotopic (exact) mass is 463 g/mol. The van der Waals surface area contributed by atoms with Crippen LogP contribution in [0.25, 0.3) is 0 Å². The third kappa shape index (κ3) is 4.14. The van der Waals surface area contributed by atoms with Gasteiger partial charge in [0.15, 0.2) is 11.6 Å². The highest BCUT2D eigenvalue weighted by atomic mass is 16.5. The van der Waals surface area contributed by atoms with E-state index in [0.29, 0.717) is 22.8 Å². The number of hydrogen-bond donors (Lipinski definition) is 0. The van der Waals surface area contributed by atoms with Crippen molar-refractivity contribution in [3.05, 3.63) is 53.9 Å². The van der Waals surface area contributed by atoms with Gasteiger partial charge in [0.1, 0.15) is 17.2 Å². The van der Waals surface area contributed by atoms with Crippen LogP contribution in [0.5, 0.6) is 11.5 Å². The van der Waals surface area contributed by atoms with E-state index in [9.17, 15) is 9.59 Å². The lowest BCUT2D eigenvalue weighted by atomic mass is 9.43. The topological polar surface area (TPSA) is 65.5 Å². The average molecular weight is 464 g/mol. The van der Waals surface area contributed by atoms with E-state index < -0.39 is 0 Å². The number of pyridine rings is 1. The summed E-state index contributed by atoms with van der Waals surface area (Å²) in [5, 5.41) is 0. The van der Waals surface area contributed by atoms with Gasteiger partial charge in [-0.15, -0.1) is 0 Å². The van der Waals surface area contributed by atoms with Crippen LogP contribution in [0.4, 0.5) is 0 Å². The maximum absolute atomic E-state index is 14.3. The maximum atomic E-state index is 14.3. The summed E-state index contributed by atoms with van der Waals surface area (Å²) < 4.78 is 10.9. The molecule has 2 fully saturated rings. The quantitative estimate of drug-likeness (QED) is 0.473. The van der Waals surface area contributed by atoms with Crippen molar-refractivity contribution in [2.45, 2.75) is 53.4 Å². The summed E-state index contributed by atoms with van der Waals surface area (Å²) in [6.45, 7) is 9.00. The van der Waals surface area contributed by atoms with Crippen LogP contribution in [0.2, 0.25) is 0 Å². The van der Waals surface area contributed by atoms with E-state index >= 15 is 0 Å². The van der Waals surface area contributed by atoms with E-state index in [4.69, 9.17) is 9.47 Å². The number of ether oxygens (including phenoxy) is 2. The number of Topliss-reactive ketones (excluding diaryl/α,β-unsaturated/α-hetero) is 2. The fourth-order valence-corrected chi connectivity index (χ4v) is 7.14. The number of benzene rings is 1. The Kier molecular flexibility index (Phi) is 6.58. The second kappa shape index (κ2) is 9.16. The van der Waals surface area contributed by atoms with Gasteiger partial charge < -0.3 is 9.47 Å². The number of rotatable bonds is 6. The smallest absolute Gasteiger partial charge is 0.184 e. The summed E-state index contributed by atoms with van der Waals surface area (Å²) in [6.07, 6.45) is 5.66. The third-order valence-electron chi connectivity index (χ3n) is 8.81. The molecule has 5 nitrogen and oxygen atoms in total. The minimum Gasteiger partial charge on any atom is -0.497 e. The molecule has 0 spiro atoms. The van der Waals surface area contributed by atoms with Gasteiger partial charge in [0.05, 0.1) is 14.2 Å². The zero-order valence-electron chi connectivity index (χ0n) is 21.3. The first kappa shape index (κ1) is 24.4. The first-order chi connectivity index (χ1) is 16.1. The Bertz CT molecular complexity index is 1040. The van der Waals surface area contributed by atoms with E-state index in [2.05, 4.69) is 32.7 Å². The summed E-state index contributed by atoms with van der Waals surface area (Å²) >= 11 is 0. The molecule has 5 heteroatoms. The Morgan fingerprint density at radius 3 is 2.24 bits per heavy atom. The molecule has 2 aliphatic carbocycles. The van der Waals surface area contributed by atoms with Crippen molar-refractivity contribution in [2.24, 2.45) is 34.5 Å². The Morgan fingerprint density at radius 2 is 1.65 bits per heavy atom. The van der Waals surface area contributed by atoms with Gasteiger partial charge in [-0.2, -0.15) is 0 Å². The summed E-state index contributed by atoms with van der Waals surface area (Å²) in [5.41, 5.74) is 0.948. The molecule has 0 radical (unpaired) electrons. The first-order valence-electron chi connectivity index (χ1n) is 12.3. The van der Waals surface area contributed by atoms with Crippen LogP contribution in [-0.4, -0.2) is 30.8 Å². The summed E-state index contributed by atoms with van der Waals surface area (Å²) in [7, 11) is 3.18. The van der Waals surface area contributed by atoms with Crippen molar-refractivity contribution < 1.29 is 19.1 Å². The lowest BCUT2D eigenvalue weighted by molar-refractivity contribution is -0.0944. The molecule has 182 valence electrons. The lowest BCUT2D eigenvalue weighted by Gasteiger charge is -2.60. The first-order valence-corrected chi connectivity index (χ1v) is 12.3. The standard InChI is InChI=1S/C29H37NO4/c1-18-22(27(32)23-10-7-8-13-30-23)17-24-28(2,3)11-9-12-29(24,4)25(18)26(31)19-14-20(33-5)16-21(15-19)34-6/h7-8,10,13-16,18,22,24-25H,9,11-12,17H2,1-6H3. The fraction of sp³-hybridized carbons (Fsp3) is 0.552. The average Bonchev–Trinajstić information content (AvgIpc) is 2.82. The predicted molar refractivity (Wildman–Crippen MR) is 132 cm³/mol. The van der Waals surface area contributed by atoms with Gasteiger partial charge in [-0.05, 0) is 66.2 Å². The highest BCUT2D eigenvalue weighted by Crippen LogP contribution is 2.63. The molecule has 4 rings (SSSR count). The van der Waals surface area contributed by atoms with E-state index in [1.807, 2.05) is 12.1 Å². The van der Waals surface area contributed by atoms with Gasteiger partial charge in [0.25, 0.3) is 0 Å². The molecule has 5 unspecified atom stereocenters. The third-order valence-corrected chi connectivity index (χ3v) is 8.81. The van der Waals surface area contributed by atoms with Crippen molar-refractivity contribution >= 4 is 11.6 Å². The minimum atomic E-state index is -0.278. The number of ketones is 2. The fourth-order valence-electron chi connectivity index (χ4n) is 7.14. The van der Waals surface area contributed by atoms with Gasteiger partial charge in [0.2, 0.25) is 0 Å². The number of carbonyl (C=O) groups excluding carboxylic acids is 2. The molecule has 2 saturated carbocycles. The molecule has 5 atom stereocenters. The van der Waals surface area contributed by atoms with Crippen LogP contribution >= 0.6 is 0 Å². The maximum Gasteiger partial charge on any atom is 0.184 e. The molecule has 2 aromatic rings. The second-order valence-electron chi connectivity index (χ2n) is 11.1. The molecule has 2 aliphatic rings. The van der Waals surface area contributed by atoms with Gasteiger partial charge in [-0.25, -0.2) is 0 Å². The van der Waals surface area contributed by atoms with Crippen LogP contribution in [0.1, 0.15) is 74.2 Å². The van der Waals surface area contributed by atoms with Crippen molar-refractivity contribution in [3.8, 4) is 11.5 Å². The molecule has 0 bridgehead atoms.